The van der Waals surface area contributed by atoms with Gasteiger partial charge in [-0.1, -0.05) is 18.2 Å². The number of hydrogen-bond donors (Lipinski definition) is 2. The van der Waals surface area contributed by atoms with E-state index in [1.165, 1.54) is 12.1 Å². The number of phenolic OH excluding ortho intramolecular Hbond substituents is 1. The van der Waals surface area contributed by atoms with Gasteiger partial charge >= 0.3 is 10.2 Å². The Balaban J connectivity index is 1.63. The first-order valence-electron chi connectivity index (χ1n) is 9.41. The number of carbonyl (C=O) groups is 1. The summed E-state index contributed by atoms with van der Waals surface area (Å²) in [6.07, 6.45) is 1.59. The van der Waals surface area contributed by atoms with Crippen LogP contribution in [-0.2, 0) is 27.0 Å². The van der Waals surface area contributed by atoms with E-state index in [1.807, 2.05) is 24.3 Å². The zero-order chi connectivity index (χ0) is 22.4. The molecule has 2 aromatic rings. The van der Waals surface area contributed by atoms with Crippen molar-refractivity contribution < 1.29 is 27.4 Å². The highest BCUT2D eigenvalue weighted by Crippen LogP contribution is 2.40. The quantitative estimate of drug-likeness (QED) is 0.717. The van der Waals surface area contributed by atoms with Crippen LogP contribution < -0.4 is 13.8 Å². The number of hydrogen-bond acceptors (Lipinski definition) is 7. The van der Waals surface area contributed by atoms with Gasteiger partial charge in [0.15, 0.2) is 5.82 Å². The van der Waals surface area contributed by atoms with Gasteiger partial charge < -0.3 is 9.84 Å². The molecule has 11 heteroatoms. The van der Waals surface area contributed by atoms with Crippen LogP contribution in [0.15, 0.2) is 41.5 Å². The number of methoxy groups -OCH3 is 1. The summed E-state index contributed by atoms with van der Waals surface area (Å²) in [6.45, 7) is 1.95. The molecule has 0 spiro atoms. The number of halogens is 1. The minimum absolute atomic E-state index is 0.159. The average Bonchev–Trinajstić information content (AvgIpc) is 3.20. The van der Waals surface area contributed by atoms with E-state index in [2.05, 4.69) is 5.10 Å². The van der Waals surface area contributed by atoms with E-state index in [9.17, 15) is 18.3 Å². The fourth-order valence-electron chi connectivity index (χ4n) is 3.78. The fourth-order valence-corrected chi connectivity index (χ4v) is 4.95. The second kappa shape index (κ2) is 7.41. The molecule has 2 heterocycles. The molecule has 0 radical (unpaired) electrons. The molecule has 1 saturated heterocycles. The van der Waals surface area contributed by atoms with Crippen LogP contribution >= 0.6 is 0 Å². The maximum atomic E-state index is 15.5. The molecule has 2 N–H and O–H groups in total. The number of carbonyl (C=O) groups excluding carboxylic acids is 1. The monoisotopic (exact) mass is 448 g/mol. The van der Waals surface area contributed by atoms with Gasteiger partial charge in [0.05, 0.1) is 25.6 Å². The van der Waals surface area contributed by atoms with Gasteiger partial charge in [-0.3, -0.25) is 9.80 Å². The van der Waals surface area contributed by atoms with E-state index in [0.717, 1.165) is 5.56 Å². The van der Waals surface area contributed by atoms with Crippen molar-refractivity contribution in [2.45, 2.75) is 18.9 Å². The van der Waals surface area contributed by atoms with Crippen LogP contribution in [0.3, 0.4) is 0 Å². The van der Waals surface area contributed by atoms with Crippen molar-refractivity contribution in [1.82, 2.24) is 9.73 Å². The first kappa shape index (κ1) is 20.9. The molecule has 1 atom stereocenters. The molecule has 4 rings (SSSR count). The SMILES string of the molecule is COc1cccc(CN2CC(C)(c3ccc(O)c(N4CC(=O)NS4(=O)=O)c3F)C=N2)c1. The Labute approximate surface area is 178 Å². The minimum Gasteiger partial charge on any atom is -0.506 e. The summed E-state index contributed by atoms with van der Waals surface area (Å²) in [5, 5.41) is 16.3. The van der Waals surface area contributed by atoms with Crippen LogP contribution in [0.1, 0.15) is 18.1 Å². The van der Waals surface area contributed by atoms with Crippen molar-refractivity contribution in [3.05, 3.63) is 53.3 Å². The number of anilines is 1. The number of hydrazone groups is 1. The maximum absolute atomic E-state index is 15.5. The third kappa shape index (κ3) is 3.76. The van der Waals surface area contributed by atoms with E-state index in [1.54, 1.807) is 30.0 Å². The number of rotatable bonds is 5. The molecular weight excluding hydrogens is 427 g/mol. The van der Waals surface area contributed by atoms with E-state index in [-0.39, 0.29) is 5.56 Å². The highest BCUT2D eigenvalue weighted by atomic mass is 32.2. The fraction of sp³-hybridized carbons (Fsp3) is 0.300. The number of ether oxygens (including phenoxy) is 1. The van der Waals surface area contributed by atoms with Gasteiger partial charge in [-0.2, -0.15) is 13.5 Å². The van der Waals surface area contributed by atoms with E-state index in [4.69, 9.17) is 4.74 Å². The van der Waals surface area contributed by atoms with Gasteiger partial charge in [-0.25, -0.2) is 13.4 Å². The topological polar surface area (TPSA) is 112 Å². The third-order valence-corrected chi connectivity index (χ3v) is 6.67. The molecule has 2 aromatic carbocycles. The summed E-state index contributed by atoms with van der Waals surface area (Å²) in [5.74, 6) is -1.58. The Morgan fingerprint density at radius 2 is 2.10 bits per heavy atom. The molecule has 0 saturated carbocycles. The molecule has 2 aliphatic rings. The van der Waals surface area contributed by atoms with Crippen molar-refractivity contribution in [3.63, 3.8) is 0 Å². The highest BCUT2D eigenvalue weighted by molar-refractivity contribution is 7.92. The number of phenols is 1. The van der Waals surface area contributed by atoms with Gasteiger partial charge in [0, 0.05) is 11.8 Å². The maximum Gasteiger partial charge on any atom is 0.326 e. The van der Waals surface area contributed by atoms with Crippen LogP contribution in [0, 0.1) is 5.82 Å². The van der Waals surface area contributed by atoms with E-state index >= 15 is 4.39 Å². The Morgan fingerprint density at radius 1 is 1.32 bits per heavy atom. The molecule has 0 aromatic heterocycles. The van der Waals surface area contributed by atoms with E-state index in [0.29, 0.717) is 23.1 Å². The van der Waals surface area contributed by atoms with Gasteiger partial charge in [0.25, 0.3) is 5.91 Å². The van der Waals surface area contributed by atoms with Crippen LogP contribution in [0.25, 0.3) is 0 Å². The number of nitrogens with one attached hydrogen (secondary N) is 1. The number of amides is 1. The third-order valence-electron chi connectivity index (χ3n) is 5.30. The lowest BCUT2D eigenvalue weighted by Crippen LogP contribution is -2.34. The van der Waals surface area contributed by atoms with Gasteiger partial charge in [-0.15, -0.1) is 0 Å². The van der Waals surface area contributed by atoms with Crippen LogP contribution in [-0.4, -0.2) is 50.9 Å². The number of nitrogens with zero attached hydrogens (tertiary/aromatic N) is 3. The minimum atomic E-state index is -4.27. The van der Waals surface area contributed by atoms with Gasteiger partial charge in [0.2, 0.25) is 0 Å². The Morgan fingerprint density at radius 3 is 2.77 bits per heavy atom. The predicted molar refractivity (Wildman–Crippen MR) is 112 cm³/mol. The summed E-state index contributed by atoms with van der Waals surface area (Å²) in [4.78, 5) is 11.6. The lowest BCUT2D eigenvalue weighted by molar-refractivity contribution is -0.117. The molecule has 2 aliphatic heterocycles. The normalized spacial score (nSPS) is 22.1. The first-order chi connectivity index (χ1) is 14.6. The van der Waals surface area contributed by atoms with Crippen LogP contribution in [0.4, 0.5) is 10.1 Å². The van der Waals surface area contributed by atoms with Gasteiger partial charge in [-0.05, 0) is 30.7 Å². The molecule has 164 valence electrons. The molecule has 0 bridgehead atoms. The number of aromatic hydroxyl groups is 1. The summed E-state index contributed by atoms with van der Waals surface area (Å²) in [5.41, 5.74) is -0.324. The second-order valence-corrected chi connectivity index (χ2v) is 9.26. The summed E-state index contributed by atoms with van der Waals surface area (Å²) < 4.78 is 47.4. The molecule has 0 aliphatic carbocycles. The Bertz CT molecular complexity index is 1190. The molecule has 1 fully saturated rings. The molecule has 1 unspecified atom stereocenters. The second-order valence-electron chi connectivity index (χ2n) is 7.67. The average molecular weight is 448 g/mol. The van der Waals surface area contributed by atoms with Crippen LogP contribution in [0.5, 0.6) is 11.5 Å². The lowest BCUT2D eigenvalue weighted by Gasteiger charge is -2.27. The summed E-state index contributed by atoms with van der Waals surface area (Å²) in [7, 11) is -2.69. The molecular formula is C20H21FN4O5S. The van der Waals surface area contributed by atoms with Crippen molar-refractivity contribution >= 4 is 28.0 Å². The predicted octanol–water partition coefficient (Wildman–Crippen LogP) is 1.48. The smallest absolute Gasteiger partial charge is 0.326 e. The van der Waals surface area contributed by atoms with Crippen molar-refractivity contribution in [1.29, 1.82) is 0 Å². The standard InChI is InChI=1S/C20H21FN4O5S/c1-20(11-22-24(12-20)9-13-4-3-5-14(8-13)30-2)15-6-7-16(26)19(18(15)21)25-10-17(27)23-31(25,28)29/h3-8,11,26H,9-10,12H2,1-2H3,(H,23,27). The van der Waals surface area contributed by atoms with E-state index < -0.39 is 45.3 Å². The summed E-state index contributed by atoms with van der Waals surface area (Å²) >= 11 is 0. The Kier molecular flexibility index (Phi) is 5.00. The zero-order valence-corrected chi connectivity index (χ0v) is 17.7. The summed E-state index contributed by atoms with van der Waals surface area (Å²) in [6, 6.07) is 10.1. The number of benzene rings is 2. The van der Waals surface area contributed by atoms with Crippen LogP contribution in [0.2, 0.25) is 0 Å². The van der Waals surface area contributed by atoms with Crippen molar-refractivity contribution in [2.75, 3.05) is 24.5 Å². The highest BCUT2D eigenvalue weighted by Gasteiger charge is 2.41. The van der Waals surface area contributed by atoms with Crippen molar-refractivity contribution in [2.24, 2.45) is 5.10 Å². The Hall–Kier alpha value is -3.34. The zero-order valence-electron chi connectivity index (χ0n) is 16.9. The molecule has 31 heavy (non-hydrogen) atoms. The van der Waals surface area contributed by atoms with Gasteiger partial charge in [0.1, 0.15) is 23.7 Å². The molecule has 9 nitrogen and oxygen atoms in total. The molecule has 1 amide bonds. The largest absolute Gasteiger partial charge is 0.506 e. The van der Waals surface area contributed by atoms with Crippen molar-refractivity contribution in [3.8, 4) is 11.5 Å². The first-order valence-corrected chi connectivity index (χ1v) is 10.9. The lowest BCUT2D eigenvalue weighted by atomic mass is 9.83.